The Balaban J connectivity index is 1.59. The molecule has 1 fully saturated rings. The quantitative estimate of drug-likeness (QED) is 0.802. The van der Waals surface area contributed by atoms with E-state index >= 15 is 0 Å². The molecule has 1 amide bonds. The van der Waals surface area contributed by atoms with Crippen molar-refractivity contribution < 1.29 is 4.79 Å². The Morgan fingerprint density at radius 2 is 1.78 bits per heavy atom. The van der Waals surface area contributed by atoms with Gasteiger partial charge >= 0.3 is 0 Å². The van der Waals surface area contributed by atoms with Crippen LogP contribution in [0.4, 0.5) is 0 Å². The third-order valence-corrected chi connectivity index (χ3v) is 4.74. The van der Waals surface area contributed by atoms with Crippen LogP contribution in [0, 0.1) is 6.92 Å². The smallest absolute Gasteiger partial charge is 0.275 e. The third kappa shape index (κ3) is 3.48. The highest BCUT2D eigenvalue weighted by Gasteiger charge is 2.25. The molecular formula is C15H21BrN6O. The van der Waals surface area contributed by atoms with Crippen molar-refractivity contribution in [2.24, 2.45) is 14.1 Å². The zero-order valence-electron chi connectivity index (χ0n) is 13.7. The van der Waals surface area contributed by atoms with E-state index in [1.165, 1.54) is 5.56 Å². The van der Waals surface area contributed by atoms with Crippen LogP contribution in [-0.2, 0) is 20.6 Å². The normalized spacial score (nSPS) is 16.1. The van der Waals surface area contributed by atoms with Gasteiger partial charge in [-0.1, -0.05) is 0 Å². The molecular weight excluding hydrogens is 360 g/mol. The van der Waals surface area contributed by atoms with Crippen molar-refractivity contribution in [1.29, 1.82) is 0 Å². The first-order valence-electron chi connectivity index (χ1n) is 7.64. The first-order valence-corrected chi connectivity index (χ1v) is 8.43. The Bertz CT molecular complexity index is 714. The van der Waals surface area contributed by atoms with Crippen LogP contribution in [0.25, 0.3) is 0 Å². The van der Waals surface area contributed by atoms with E-state index < -0.39 is 0 Å². The molecule has 23 heavy (non-hydrogen) atoms. The second kappa shape index (κ2) is 6.45. The fourth-order valence-corrected chi connectivity index (χ4v) is 3.45. The van der Waals surface area contributed by atoms with Gasteiger partial charge in [0.25, 0.3) is 5.91 Å². The Morgan fingerprint density at radius 3 is 2.30 bits per heavy atom. The number of halogens is 1. The van der Waals surface area contributed by atoms with E-state index in [1.54, 1.807) is 10.9 Å². The van der Waals surface area contributed by atoms with E-state index in [1.807, 2.05) is 30.6 Å². The first-order chi connectivity index (χ1) is 10.9. The van der Waals surface area contributed by atoms with Crippen molar-refractivity contribution in [2.45, 2.75) is 13.5 Å². The average molecular weight is 381 g/mol. The third-order valence-electron chi connectivity index (χ3n) is 4.16. The lowest BCUT2D eigenvalue weighted by molar-refractivity contribution is 0.0621. The molecule has 3 rings (SSSR count). The molecule has 0 aromatic carbocycles. The van der Waals surface area contributed by atoms with Crippen LogP contribution in [-0.4, -0.2) is 61.4 Å². The highest BCUT2D eigenvalue weighted by Crippen LogP contribution is 2.18. The molecule has 2 aromatic heterocycles. The van der Waals surface area contributed by atoms with Crippen molar-refractivity contribution in [1.82, 2.24) is 29.4 Å². The zero-order chi connectivity index (χ0) is 16.6. The number of hydrogen-bond donors (Lipinski definition) is 0. The van der Waals surface area contributed by atoms with Gasteiger partial charge in [-0.05, 0) is 22.9 Å². The molecule has 1 aliphatic heterocycles. The van der Waals surface area contributed by atoms with E-state index in [2.05, 4.69) is 37.2 Å². The minimum atomic E-state index is -0.00492. The Kier molecular flexibility index (Phi) is 4.54. The van der Waals surface area contributed by atoms with Gasteiger partial charge in [0.2, 0.25) is 0 Å². The Hall–Kier alpha value is -1.67. The van der Waals surface area contributed by atoms with Crippen molar-refractivity contribution in [3.05, 3.63) is 33.8 Å². The summed E-state index contributed by atoms with van der Waals surface area (Å²) in [7, 11) is 3.76. The molecule has 0 saturated carbocycles. The molecule has 0 atom stereocenters. The molecule has 0 aliphatic carbocycles. The van der Waals surface area contributed by atoms with Crippen LogP contribution in [0.5, 0.6) is 0 Å². The second-order valence-electron chi connectivity index (χ2n) is 5.98. The number of rotatable bonds is 3. The standard InChI is InChI=1S/C15H21BrN6O/c1-11-12(8-19(2)17-11)9-21-4-6-22(7-5-21)15(23)14-13(16)10-20(3)18-14/h8,10H,4-7,9H2,1-3H3. The van der Waals surface area contributed by atoms with Gasteiger partial charge in [0.1, 0.15) is 0 Å². The summed E-state index contributed by atoms with van der Waals surface area (Å²) >= 11 is 3.40. The second-order valence-corrected chi connectivity index (χ2v) is 6.84. The maximum Gasteiger partial charge on any atom is 0.275 e. The minimum Gasteiger partial charge on any atom is -0.335 e. The van der Waals surface area contributed by atoms with Crippen LogP contribution in [0.3, 0.4) is 0 Å². The van der Waals surface area contributed by atoms with Gasteiger partial charge in [-0.3, -0.25) is 19.1 Å². The van der Waals surface area contributed by atoms with Crippen LogP contribution < -0.4 is 0 Å². The monoisotopic (exact) mass is 380 g/mol. The number of hydrogen-bond acceptors (Lipinski definition) is 4. The number of aromatic nitrogens is 4. The molecule has 0 unspecified atom stereocenters. The molecule has 8 heteroatoms. The predicted octanol–water partition coefficient (Wildman–Crippen LogP) is 1.18. The SMILES string of the molecule is Cc1nn(C)cc1CN1CCN(C(=O)c2nn(C)cc2Br)CC1. The van der Waals surface area contributed by atoms with Crippen molar-refractivity contribution in [3.8, 4) is 0 Å². The summed E-state index contributed by atoms with van der Waals surface area (Å²) in [5.74, 6) is -0.00492. The highest BCUT2D eigenvalue weighted by molar-refractivity contribution is 9.10. The average Bonchev–Trinajstić information content (AvgIpc) is 3.00. The topological polar surface area (TPSA) is 59.2 Å². The number of piperazine rings is 1. The fraction of sp³-hybridized carbons (Fsp3) is 0.533. The van der Waals surface area contributed by atoms with Gasteiger partial charge in [-0.2, -0.15) is 10.2 Å². The van der Waals surface area contributed by atoms with Crippen LogP contribution in [0.15, 0.2) is 16.9 Å². The fourth-order valence-electron chi connectivity index (χ4n) is 2.91. The number of aryl methyl sites for hydroxylation is 3. The van der Waals surface area contributed by atoms with Gasteiger partial charge in [-0.25, -0.2) is 0 Å². The van der Waals surface area contributed by atoms with Crippen LogP contribution in [0.2, 0.25) is 0 Å². The van der Waals surface area contributed by atoms with Crippen LogP contribution >= 0.6 is 15.9 Å². The molecule has 0 radical (unpaired) electrons. The Labute approximate surface area is 144 Å². The molecule has 3 heterocycles. The van der Waals surface area contributed by atoms with Crippen molar-refractivity contribution in [2.75, 3.05) is 26.2 Å². The minimum absolute atomic E-state index is 0.00492. The number of carbonyl (C=O) groups excluding carboxylic acids is 1. The molecule has 124 valence electrons. The zero-order valence-corrected chi connectivity index (χ0v) is 15.2. The summed E-state index contributed by atoms with van der Waals surface area (Å²) in [5, 5.41) is 8.62. The lowest BCUT2D eigenvalue weighted by Gasteiger charge is -2.34. The lowest BCUT2D eigenvalue weighted by Crippen LogP contribution is -2.48. The highest BCUT2D eigenvalue weighted by atomic mass is 79.9. The molecule has 0 bridgehead atoms. The van der Waals surface area contributed by atoms with Crippen molar-refractivity contribution >= 4 is 21.8 Å². The van der Waals surface area contributed by atoms with E-state index in [-0.39, 0.29) is 5.91 Å². The molecule has 1 aliphatic rings. The first kappa shape index (κ1) is 16.2. The van der Waals surface area contributed by atoms with E-state index in [4.69, 9.17) is 0 Å². The Morgan fingerprint density at radius 1 is 1.13 bits per heavy atom. The summed E-state index contributed by atoms with van der Waals surface area (Å²) in [6, 6.07) is 0. The van der Waals surface area contributed by atoms with Gasteiger partial charge in [0.15, 0.2) is 5.69 Å². The van der Waals surface area contributed by atoms with Crippen LogP contribution in [0.1, 0.15) is 21.7 Å². The molecule has 0 N–H and O–H groups in total. The van der Waals surface area contributed by atoms with Gasteiger partial charge in [-0.15, -0.1) is 0 Å². The maximum atomic E-state index is 12.5. The number of carbonyl (C=O) groups is 1. The molecule has 1 saturated heterocycles. The van der Waals surface area contributed by atoms with Gasteiger partial charge in [0, 0.05) is 64.8 Å². The summed E-state index contributed by atoms with van der Waals surface area (Å²) < 4.78 is 4.25. The number of nitrogens with zero attached hydrogens (tertiary/aromatic N) is 6. The summed E-state index contributed by atoms with van der Waals surface area (Å²) in [6.45, 7) is 6.10. The molecule has 0 spiro atoms. The lowest BCUT2D eigenvalue weighted by atomic mass is 10.2. The molecule has 2 aromatic rings. The maximum absolute atomic E-state index is 12.5. The largest absolute Gasteiger partial charge is 0.335 e. The summed E-state index contributed by atoms with van der Waals surface area (Å²) in [4.78, 5) is 16.8. The van der Waals surface area contributed by atoms with Gasteiger partial charge in [0.05, 0.1) is 10.2 Å². The summed E-state index contributed by atoms with van der Waals surface area (Å²) in [5.41, 5.74) is 2.81. The van der Waals surface area contributed by atoms with Gasteiger partial charge < -0.3 is 4.90 Å². The van der Waals surface area contributed by atoms with Crippen molar-refractivity contribution in [3.63, 3.8) is 0 Å². The predicted molar refractivity (Wildman–Crippen MR) is 90.0 cm³/mol. The van der Waals surface area contributed by atoms with E-state index in [0.717, 1.165) is 42.9 Å². The number of amides is 1. The van der Waals surface area contributed by atoms with E-state index in [9.17, 15) is 4.79 Å². The molecule has 7 nitrogen and oxygen atoms in total. The van der Waals surface area contributed by atoms with E-state index in [0.29, 0.717) is 5.69 Å². The summed E-state index contributed by atoms with van der Waals surface area (Å²) in [6.07, 6.45) is 3.87.